The third-order valence-electron chi connectivity index (χ3n) is 2.71. The van der Waals surface area contributed by atoms with Crippen molar-refractivity contribution < 1.29 is 9.15 Å². The van der Waals surface area contributed by atoms with E-state index in [0.717, 1.165) is 31.6 Å². The molecule has 3 nitrogen and oxygen atoms in total. The second-order valence-corrected chi connectivity index (χ2v) is 4.01. The van der Waals surface area contributed by atoms with Crippen molar-refractivity contribution in [2.45, 2.75) is 45.3 Å². The van der Waals surface area contributed by atoms with Crippen LogP contribution >= 0.6 is 0 Å². The van der Waals surface area contributed by atoms with Gasteiger partial charge in [0, 0.05) is 7.11 Å². The zero-order valence-electron chi connectivity index (χ0n) is 10.5. The molecule has 0 radical (unpaired) electrons. The van der Waals surface area contributed by atoms with Crippen LogP contribution in [-0.4, -0.2) is 19.8 Å². The van der Waals surface area contributed by atoms with Gasteiger partial charge in [-0.25, -0.2) is 0 Å². The highest BCUT2D eigenvalue weighted by Gasteiger charge is 2.23. The van der Waals surface area contributed by atoms with Gasteiger partial charge < -0.3 is 14.5 Å². The quantitative estimate of drug-likeness (QED) is 0.738. The van der Waals surface area contributed by atoms with E-state index in [-0.39, 0.29) is 12.1 Å². The molecule has 0 saturated heterocycles. The molecule has 1 rings (SSSR count). The van der Waals surface area contributed by atoms with E-state index >= 15 is 0 Å². The van der Waals surface area contributed by atoms with Crippen molar-refractivity contribution in [2.24, 2.45) is 0 Å². The minimum absolute atomic E-state index is 0.167. The highest BCUT2D eigenvalue weighted by atomic mass is 16.5. The van der Waals surface area contributed by atoms with Crippen LogP contribution in [0, 0.1) is 0 Å². The average molecular weight is 225 g/mol. The van der Waals surface area contributed by atoms with Crippen LogP contribution in [0.4, 0.5) is 0 Å². The summed E-state index contributed by atoms with van der Waals surface area (Å²) in [4.78, 5) is 0. The largest absolute Gasteiger partial charge is 0.468 e. The fourth-order valence-electron chi connectivity index (χ4n) is 1.89. The molecule has 2 unspecified atom stereocenters. The summed E-state index contributed by atoms with van der Waals surface area (Å²) >= 11 is 0. The first kappa shape index (κ1) is 13.3. The van der Waals surface area contributed by atoms with Gasteiger partial charge in [-0.05, 0) is 31.5 Å². The number of nitrogens with one attached hydrogen (secondary N) is 1. The highest BCUT2D eigenvalue weighted by molar-refractivity contribution is 5.06. The van der Waals surface area contributed by atoms with E-state index in [4.69, 9.17) is 9.15 Å². The van der Waals surface area contributed by atoms with Gasteiger partial charge in [0.2, 0.25) is 0 Å². The fraction of sp³-hybridized carbons (Fsp3) is 0.692. The first-order valence-corrected chi connectivity index (χ1v) is 6.13. The Balaban J connectivity index is 2.68. The molecule has 0 fully saturated rings. The number of rotatable bonds is 8. The minimum Gasteiger partial charge on any atom is -0.468 e. The molecule has 1 heterocycles. The summed E-state index contributed by atoms with van der Waals surface area (Å²) in [5.41, 5.74) is 0. The summed E-state index contributed by atoms with van der Waals surface area (Å²) in [7, 11) is 1.77. The molecule has 1 N–H and O–H groups in total. The van der Waals surface area contributed by atoms with E-state index in [9.17, 15) is 0 Å². The Hall–Kier alpha value is -0.800. The summed E-state index contributed by atoms with van der Waals surface area (Å²) in [6.45, 7) is 5.31. The van der Waals surface area contributed by atoms with Gasteiger partial charge in [-0.2, -0.15) is 0 Å². The molecule has 2 atom stereocenters. The van der Waals surface area contributed by atoms with E-state index in [0.29, 0.717) is 0 Å². The number of furan rings is 1. The number of methoxy groups -OCH3 is 1. The summed E-state index contributed by atoms with van der Waals surface area (Å²) in [5, 5.41) is 3.49. The Morgan fingerprint density at radius 2 is 2.19 bits per heavy atom. The second kappa shape index (κ2) is 7.47. The maximum atomic E-state index is 5.55. The van der Waals surface area contributed by atoms with E-state index in [1.807, 2.05) is 12.1 Å². The van der Waals surface area contributed by atoms with Gasteiger partial charge in [0.05, 0.1) is 18.4 Å². The maximum Gasteiger partial charge on any atom is 0.123 e. The Bertz CT molecular complexity index is 259. The lowest BCUT2D eigenvalue weighted by Crippen LogP contribution is -2.33. The van der Waals surface area contributed by atoms with Gasteiger partial charge >= 0.3 is 0 Å². The third kappa shape index (κ3) is 3.65. The van der Waals surface area contributed by atoms with Crippen LogP contribution in [0.2, 0.25) is 0 Å². The highest BCUT2D eigenvalue weighted by Crippen LogP contribution is 2.22. The molecule has 1 aromatic heterocycles. The van der Waals surface area contributed by atoms with Crippen LogP contribution in [0.3, 0.4) is 0 Å². The molecular formula is C13H23NO2. The summed E-state index contributed by atoms with van der Waals surface area (Å²) in [5.74, 6) is 0.966. The third-order valence-corrected chi connectivity index (χ3v) is 2.71. The molecule has 0 aliphatic rings. The molecule has 1 aromatic rings. The first-order valence-electron chi connectivity index (χ1n) is 6.13. The van der Waals surface area contributed by atoms with Crippen LogP contribution in [-0.2, 0) is 4.74 Å². The van der Waals surface area contributed by atoms with Crippen LogP contribution in [0.5, 0.6) is 0 Å². The molecule has 0 saturated carbocycles. The normalized spacial score (nSPS) is 14.9. The van der Waals surface area contributed by atoms with Gasteiger partial charge in [-0.15, -0.1) is 0 Å². The molecule has 0 aliphatic heterocycles. The second-order valence-electron chi connectivity index (χ2n) is 4.01. The molecule has 0 aliphatic carbocycles. The first-order chi connectivity index (χ1) is 7.83. The molecule has 3 heteroatoms. The Labute approximate surface area is 98.2 Å². The minimum atomic E-state index is 0.167. The lowest BCUT2D eigenvalue weighted by Gasteiger charge is -2.25. The van der Waals surface area contributed by atoms with Gasteiger partial charge in [-0.3, -0.25) is 0 Å². The van der Waals surface area contributed by atoms with Crippen molar-refractivity contribution in [1.29, 1.82) is 0 Å². The molecule has 16 heavy (non-hydrogen) atoms. The number of hydrogen-bond acceptors (Lipinski definition) is 3. The van der Waals surface area contributed by atoms with Crippen molar-refractivity contribution in [3.63, 3.8) is 0 Å². The Kier molecular flexibility index (Phi) is 6.19. The number of ether oxygens (including phenoxy) is 1. The van der Waals surface area contributed by atoms with E-state index in [1.54, 1.807) is 13.4 Å². The Morgan fingerprint density at radius 1 is 1.38 bits per heavy atom. The summed E-state index contributed by atoms with van der Waals surface area (Å²) in [6.07, 6.45) is 5.17. The predicted molar refractivity (Wildman–Crippen MR) is 65.4 cm³/mol. The van der Waals surface area contributed by atoms with Gasteiger partial charge in [0.25, 0.3) is 0 Å². The van der Waals surface area contributed by atoms with Crippen molar-refractivity contribution in [3.8, 4) is 0 Å². The molecule has 0 amide bonds. The fourth-order valence-corrected chi connectivity index (χ4v) is 1.89. The smallest absolute Gasteiger partial charge is 0.123 e. The molecule has 0 spiro atoms. The molecular weight excluding hydrogens is 202 g/mol. The van der Waals surface area contributed by atoms with Crippen molar-refractivity contribution in [1.82, 2.24) is 5.32 Å². The lowest BCUT2D eigenvalue weighted by molar-refractivity contribution is 0.0537. The lowest BCUT2D eigenvalue weighted by atomic mass is 10.0. The summed E-state index contributed by atoms with van der Waals surface area (Å²) in [6, 6.07) is 4.10. The van der Waals surface area contributed by atoms with Crippen LogP contribution in [0.15, 0.2) is 22.8 Å². The average Bonchev–Trinajstić information content (AvgIpc) is 2.81. The van der Waals surface area contributed by atoms with Gasteiger partial charge in [-0.1, -0.05) is 20.3 Å². The topological polar surface area (TPSA) is 34.4 Å². The van der Waals surface area contributed by atoms with Crippen molar-refractivity contribution >= 4 is 0 Å². The predicted octanol–water partition coefficient (Wildman–Crippen LogP) is 3.14. The zero-order chi connectivity index (χ0) is 11.8. The standard InChI is InChI=1S/C13H23NO2/c1-4-7-11(15-3)13(14-9-5-2)12-8-6-10-16-12/h6,8,10-11,13-14H,4-5,7,9H2,1-3H3. The van der Waals surface area contributed by atoms with E-state index in [2.05, 4.69) is 19.2 Å². The maximum absolute atomic E-state index is 5.55. The van der Waals surface area contributed by atoms with Crippen molar-refractivity contribution in [3.05, 3.63) is 24.2 Å². The monoisotopic (exact) mass is 225 g/mol. The SMILES string of the molecule is CCCNC(c1ccco1)C(CCC)OC. The van der Waals surface area contributed by atoms with E-state index < -0.39 is 0 Å². The van der Waals surface area contributed by atoms with Crippen LogP contribution < -0.4 is 5.32 Å². The molecule has 0 aromatic carbocycles. The van der Waals surface area contributed by atoms with Crippen LogP contribution in [0.25, 0.3) is 0 Å². The number of hydrogen-bond donors (Lipinski definition) is 1. The van der Waals surface area contributed by atoms with Gasteiger partial charge in [0.1, 0.15) is 5.76 Å². The van der Waals surface area contributed by atoms with Gasteiger partial charge in [0.15, 0.2) is 0 Å². The molecule has 0 bridgehead atoms. The summed E-state index contributed by atoms with van der Waals surface area (Å²) < 4.78 is 11.0. The van der Waals surface area contributed by atoms with Crippen molar-refractivity contribution in [2.75, 3.05) is 13.7 Å². The van der Waals surface area contributed by atoms with E-state index in [1.165, 1.54) is 0 Å². The van der Waals surface area contributed by atoms with Crippen LogP contribution in [0.1, 0.15) is 44.9 Å². The Morgan fingerprint density at radius 3 is 2.69 bits per heavy atom. The zero-order valence-corrected chi connectivity index (χ0v) is 10.5. The molecule has 92 valence electrons.